The van der Waals surface area contributed by atoms with Crippen molar-refractivity contribution in [2.24, 2.45) is 5.73 Å². The number of hydrogen-bond acceptors (Lipinski definition) is 4. The summed E-state index contributed by atoms with van der Waals surface area (Å²) in [7, 11) is 1.93. The van der Waals surface area contributed by atoms with Crippen molar-refractivity contribution >= 4 is 28.7 Å². The van der Waals surface area contributed by atoms with Gasteiger partial charge in [-0.05, 0) is 36.4 Å². The van der Waals surface area contributed by atoms with Gasteiger partial charge in [-0.15, -0.1) is 5.10 Å². The second kappa shape index (κ2) is 4.88. The minimum Gasteiger partial charge on any atom is -0.389 e. The molecule has 2 N–H and O–H groups in total. The van der Waals surface area contributed by atoms with Crippen LogP contribution in [0.2, 0.25) is 0 Å². The van der Waals surface area contributed by atoms with Crippen molar-refractivity contribution in [3.63, 3.8) is 0 Å². The Morgan fingerprint density at radius 2 is 1.94 bits per heavy atom. The molecule has 0 bridgehead atoms. The Bertz CT molecular complexity index is 510. The van der Waals surface area contributed by atoms with E-state index in [-0.39, 0.29) is 0 Å². The van der Waals surface area contributed by atoms with Gasteiger partial charge in [0.05, 0.1) is 0 Å². The number of nitrogens with two attached hydrogens (primary N) is 1. The van der Waals surface area contributed by atoms with Crippen molar-refractivity contribution < 1.29 is 0 Å². The molecule has 5 heteroatoms. The van der Waals surface area contributed by atoms with Crippen molar-refractivity contribution in [1.82, 2.24) is 10.2 Å². The van der Waals surface area contributed by atoms with E-state index in [1.54, 1.807) is 6.20 Å². The van der Waals surface area contributed by atoms with E-state index in [4.69, 9.17) is 18.0 Å². The number of thiocarbonyl (C=S) groups is 1. The summed E-state index contributed by atoms with van der Waals surface area (Å²) in [5, 5.41) is 7.88. The molecule has 4 nitrogen and oxygen atoms in total. The van der Waals surface area contributed by atoms with Crippen molar-refractivity contribution in [3.05, 3.63) is 48.2 Å². The first kappa shape index (κ1) is 11.5. The monoisotopic (exact) mass is 244 g/mol. The first-order valence-corrected chi connectivity index (χ1v) is 5.50. The van der Waals surface area contributed by atoms with E-state index in [1.807, 2.05) is 48.3 Å². The standard InChI is InChI=1S/C12H12N4S/c1-16(11-3-2-8-14-15-11)10-6-4-9(5-7-10)12(13)17/h2-8H,1H3,(H2,13,17). The Morgan fingerprint density at radius 1 is 1.24 bits per heavy atom. The Hall–Kier alpha value is -2.01. The fourth-order valence-electron chi connectivity index (χ4n) is 1.45. The molecule has 2 aromatic rings. The summed E-state index contributed by atoms with van der Waals surface area (Å²) >= 11 is 4.91. The van der Waals surface area contributed by atoms with Gasteiger partial charge in [0.25, 0.3) is 0 Å². The van der Waals surface area contributed by atoms with Crippen LogP contribution in [0, 0.1) is 0 Å². The summed E-state index contributed by atoms with van der Waals surface area (Å²) in [6, 6.07) is 11.4. The smallest absolute Gasteiger partial charge is 0.155 e. The Morgan fingerprint density at radius 3 is 2.47 bits per heavy atom. The van der Waals surface area contributed by atoms with Crippen LogP contribution in [-0.2, 0) is 0 Å². The summed E-state index contributed by atoms with van der Waals surface area (Å²) in [5.74, 6) is 0.788. The number of hydrogen-bond donors (Lipinski definition) is 1. The van der Waals surface area contributed by atoms with Gasteiger partial charge in [0.15, 0.2) is 5.82 Å². The maximum atomic E-state index is 5.55. The van der Waals surface area contributed by atoms with E-state index in [1.165, 1.54) is 0 Å². The predicted octanol–water partition coefficient (Wildman–Crippen LogP) is 1.88. The zero-order chi connectivity index (χ0) is 12.3. The first-order valence-electron chi connectivity index (χ1n) is 5.10. The van der Waals surface area contributed by atoms with Crippen LogP contribution in [0.1, 0.15) is 5.56 Å². The molecule has 0 saturated carbocycles. The minimum absolute atomic E-state index is 0.402. The molecule has 1 heterocycles. The van der Waals surface area contributed by atoms with Gasteiger partial charge in [-0.3, -0.25) is 0 Å². The summed E-state index contributed by atoms with van der Waals surface area (Å²) in [5.41, 5.74) is 7.41. The summed E-state index contributed by atoms with van der Waals surface area (Å²) < 4.78 is 0. The average molecular weight is 244 g/mol. The van der Waals surface area contributed by atoms with Crippen molar-refractivity contribution in [2.45, 2.75) is 0 Å². The first-order chi connectivity index (χ1) is 8.18. The maximum absolute atomic E-state index is 5.55. The van der Waals surface area contributed by atoms with E-state index in [9.17, 15) is 0 Å². The summed E-state index contributed by atoms with van der Waals surface area (Å²) in [6.07, 6.45) is 1.65. The molecular formula is C12H12N4S. The van der Waals surface area contributed by atoms with Crippen LogP contribution in [0.4, 0.5) is 11.5 Å². The van der Waals surface area contributed by atoms with Gasteiger partial charge in [0.2, 0.25) is 0 Å². The molecule has 0 aliphatic heterocycles. The third kappa shape index (κ3) is 2.57. The van der Waals surface area contributed by atoms with Crippen LogP contribution in [0.5, 0.6) is 0 Å². The molecule has 0 aliphatic carbocycles. The van der Waals surface area contributed by atoms with E-state index >= 15 is 0 Å². The number of benzene rings is 1. The lowest BCUT2D eigenvalue weighted by Crippen LogP contribution is -2.13. The van der Waals surface area contributed by atoms with Gasteiger partial charge in [-0.2, -0.15) is 5.10 Å². The number of rotatable bonds is 3. The van der Waals surface area contributed by atoms with Crippen LogP contribution < -0.4 is 10.6 Å². The number of anilines is 2. The molecule has 17 heavy (non-hydrogen) atoms. The quantitative estimate of drug-likeness (QED) is 0.835. The maximum Gasteiger partial charge on any atom is 0.155 e. The van der Waals surface area contributed by atoms with Gasteiger partial charge < -0.3 is 10.6 Å². The highest BCUT2D eigenvalue weighted by Crippen LogP contribution is 2.20. The number of aromatic nitrogens is 2. The lowest BCUT2D eigenvalue weighted by atomic mass is 10.2. The minimum atomic E-state index is 0.402. The topological polar surface area (TPSA) is 55.0 Å². The molecule has 1 aromatic heterocycles. The van der Waals surface area contributed by atoms with Gasteiger partial charge in [0, 0.05) is 24.5 Å². The molecule has 0 radical (unpaired) electrons. The van der Waals surface area contributed by atoms with Gasteiger partial charge in [-0.1, -0.05) is 12.2 Å². The molecule has 0 amide bonds. The third-order valence-electron chi connectivity index (χ3n) is 2.44. The van der Waals surface area contributed by atoms with Crippen LogP contribution in [-0.4, -0.2) is 22.2 Å². The van der Waals surface area contributed by atoms with Crippen molar-refractivity contribution in [2.75, 3.05) is 11.9 Å². The Balaban J connectivity index is 2.26. The highest BCUT2D eigenvalue weighted by Gasteiger charge is 2.05. The van der Waals surface area contributed by atoms with E-state index in [0.717, 1.165) is 17.1 Å². The molecule has 0 saturated heterocycles. The fourth-order valence-corrected chi connectivity index (χ4v) is 1.59. The zero-order valence-corrected chi connectivity index (χ0v) is 10.2. The molecule has 0 aliphatic rings. The second-order valence-electron chi connectivity index (χ2n) is 3.55. The molecule has 0 fully saturated rings. The van der Waals surface area contributed by atoms with Gasteiger partial charge in [-0.25, -0.2) is 0 Å². The molecule has 2 rings (SSSR count). The normalized spacial score (nSPS) is 9.94. The second-order valence-corrected chi connectivity index (χ2v) is 3.99. The average Bonchev–Trinajstić information content (AvgIpc) is 2.39. The number of nitrogens with zero attached hydrogens (tertiary/aromatic N) is 3. The predicted molar refractivity (Wildman–Crippen MR) is 72.4 cm³/mol. The Kier molecular flexibility index (Phi) is 3.30. The van der Waals surface area contributed by atoms with Gasteiger partial charge in [0.1, 0.15) is 4.99 Å². The molecule has 0 spiro atoms. The largest absolute Gasteiger partial charge is 0.389 e. The highest BCUT2D eigenvalue weighted by atomic mass is 32.1. The summed E-state index contributed by atoms with van der Waals surface area (Å²) in [6.45, 7) is 0. The fraction of sp³-hybridized carbons (Fsp3) is 0.0833. The third-order valence-corrected chi connectivity index (χ3v) is 2.68. The van der Waals surface area contributed by atoms with Crippen LogP contribution >= 0.6 is 12.2 Å². The lowest BCUT2D eigenvalue weighted by molar-refractivity contribution is 0.987. The summed E-state index contributed by atoms with van der Waals surface area (Å²) in [4.78, 5) is 2.34. The van der Waals surface area contributed by atoms with E-state index in [0.29, 0.717) is 4.99 Å². The molecule has 0 atom stereocenters. The SMILES string of the molecule is CN(c1ccc(C(N)=S)cc1)c1cccnn1. The lowest BCUT2D eigenvalue weighted by Gasteiger charge is -2.17. The van der Waals surface area contributed by atoms with Crippen LogP contribution in [0.3, 0.4) is 0 Å². The van der Waals surface area contributed by atoms with Crippen molar-refractivity contribution in [3.8, 4) is 0 Å². The van der Waals surface area contributed by atoms with Crippen LogP contribution in [0.15, 0.2) is 42.6 Å². The molecular weight excluding hydrogens is 232 g/mol. The molecule has 1 aromatic carbocycles. The molecule has 86 valence electrons. The van der Waals surface area contributed by atoms with E-state index < -0.39 is 0 Å². The zero-order valence-electron chi connectivity index (χ0n) is 9.37. The highest BCUT2D eigenvalue weighted by molar-refractivity contribution is 7.80. The Labute approximate surface area is 105 Å². The van der Waals surface area contributed by atoms with Crippen molar-refractivity contribution in [1.29, 1.82) is 0 Å². The van der Waals surface area contributed by atoms with E-state index in [2.05, 4.69) is 10.2 Å². The van der Waals surface area contributed by atoms with Crippen LogP contribution in [0.25, 0.3) is 0 Å². The van der Waals surface area contributed by atoms with Gasteiger partial charge >= 0.3 is 0 Å². The molecule has 0 unspecified atom stereocenters.